The second-order valence-electron chi connectivity index (χ2n) is 6.88. The number of hydrogen-bond acceptors (Lipinski definition) is 7. The molecule has 1 atom stereocenters. The van der Waals surface area contributed by atoms with Crippen LogP contribution in [0.25, 0.3) is 5.76 Å². The van der Waals surface area contributed by atoms with Gasteiger partial charge in [0.1, 0.15) is 5.76 Å². The Labute approximate surface area is 176 Å². The molecule has 1 unspecified atom stereocenters. The van der Waals surface area contributed by atoms with Gasteiger partial charge in [-0.05, 0) is 29.3 Å². The Bertz CT molecular complexity index is 1190. The van der Waals surface area contributed by atoms with Crippen molar-refractivity contribution in [2.24, 2.45) is 0 Å². The third kappa shape index (κ3) is 3.76. The van der Waals surface area contributed by atoms with Crippen molar-refractivity contribution in [3.63, 3.8) is 0 Å². The maximum Gasteiger partial charge on any atom is 0.295 e. The molecular weight excluding hydrogens is 400 g/mol. The van der Waals surface area contributed by atoms with Crippen molar-refractivity contribution in [1.82, 2.24) is 14.9 Å². The first kappa shape index (κ1) is 19.9. The minimum absolute atomic E-state index is 0.0741. The molecule has 154 valence electrons. The molecule has 1 fully saturated rings. The van der Waals surface area contributed by atoms with Gasteiger partial charge in [0, 0.05) is 49.0 Å². The molecule has 9 heteroatoms. The van der Waals surface area contributed by atoms with Crippen molar-refractivity contribution >= 4 is 23.1 Å². The Morgan fingerprint density at radius 3 is 2.52 bits per heavy atom. The zero-order chi connectivity index (χ0) is 22.0. The van der Waals surface area contributed by atoms with E-state index in [2.05, 4.69) is 9.97 Å². The lowest BCUT2D eigenvalue weighted by Gasteiger charge is -2.25. The number of likely N-dealkylation sites (tertiary alicyclic amines) is 1. The molecule has 3 aromatic rings. The Morgan fingerprint density at radius 2 is 1.84 bits per heavy atom. The summed E-state index contributed by atoms with van der Waals surface area (Å²) < 4.78 is 0. The molecule has 0 aliphatic carbocycles. The van der Waals surface area contributed by atoms with Crippen molar-refractivity contribution in [3.05, 3.63) is 106 Å². The van der Waals surface area contributed by atoms with Crippen LogP contribution in [-0.4, -0.2) is 36.6 Å². The molecule has 0 spiro atoms. The van der Waals surface area contributed by atoms with Crippen LogP contribution in [0.4, 0.5) is 5.69 Å². The zero-order valence-corrected chi connectivity index (χ0v) is 16.1. The molecule has 0 bridgehead atoms. The highest BCUT2D eigenvalue weighted by Crippen LogP contribution is 2.40. The average molecular weight is 416 g/mol. The van der Waals surface area contributed by atoms with E-state index in [1.165, 1.54) is 29.3 Å². The summed E-state index contributed by atoms with van der Waals surface area (Å²) in [6.07, 6.45) is 6.22. The molecule has 4 rings (SSSR count). The van der Waals surface area contributed by atoms with E-state index < -0.39 is 28.4 Å². The fourth-order valence-electron chi connectivity index (χ4n) is 3.53. The van der Waals surface area contributed by atoms with E-state index in [9.17, 15) is 24.8 Å². The molecule has 31 heavy (non-hydrogen) atoms. The van der Waals surface area contributed by atoms with Crippen LogP contribution in [0.15, 0.2) is 78.9 Å². The van der Waals surface area contributed by atoms with Gasteiger partial charge < -0.3 is 10.0 Å². The lowest BCUT2D eigenvalue weighted by Crippen LogP contribution is -2.29. The minimum Gasteiger partial charge on any atom is -0.507 e. The van der Waals surface area contributed by atoms with E-state index in [0.717, 1.165) is 11.6 Å². The molecule has 1 aromatic carbocycles. The molecule has 9 nitrogen and oxygen atoms in total. The third-order valence-corrected chi connectivity index (χ3v) is 4.97. The standard InChI is InChI=1S/C22H16N4O5/c27-20(15-3-1-5-17(11-15)26(30)31)18-19(16-4-2-8-24-12-16)25(22(29)21(18)28)13-14-6-9-23-10-7-14/h1-12,19,27H,13H2/b20-18-. The van der Waals surface area contributed by atoms with Gasteiger partial charge in [-0.25, -0.2) is 0 Å². The number of aliphatic hydroxyl groups excluding tert-OH is 1. The van der Waals surface area contributed by atoms with Crippen LogP contribution in [0.1, 0.15) is 22.7 Å². The van der Waals surface area contributed by atoms with E-state index in [1.54, 1.807) is 42.9 Å². The number of aliphatic hydroxyl groups is 1. The van der Waals surface area contributed by atoms with Crippen LogP contribution in [0.5, 0.6) is 0 Å². The number of benzene rings is 1. The molecule has 1 amide bonds. The van der Waals surface area contributed by atoms with Gasteiger partial charge in [-0.15, -0.1) is 0 Å². The summed E-state index contributed by atoms with van der Waals surface area (Å²) in [5.74, 6) is -2.13. The minimum atomic E-state index is -0.902. The largest absolute Gasteiger partial charge is 0.507 e. The third-order valence-electron chi connectivity index (χ3n) is 4.97. The van der Waals surface area contributed by atoms with Crippen molar-refractivity contribution in [2.75, 3.05) is 0 Å². The van der Waals surface area contributed by atoms with Crippen molar-refractivity contribution in [2.45, 2.75) is 12.6 Å². The van der Waals surface area contributed by atoms with Gasteiger partial charge in [0.05, 0.1) is 16.5 Å². The smallest absolute Gasteiger partial charge is 0.295 e. The van der Waals surface area contributed by atoms with Crippen molar-refractivity contribution in [1.29, 1.82) is 0 Å². The fourth-order valence-corrected chi connectivity index (χ4v) is 3.53. The second kappa shape index (κ2) is 8.15. The van der Waals surface area contributed by atoms with Crippen LogP contribution >= 0.6 is 0 Å². The van der Waals surface area contributed by atoms with E-state index in [4.69, 9.17) is 0 Å². The topological polar surface area (TPSA) is 127 Å². The number of Topliss-reactive ketones (excluding diaryl/α,β-unsaturated/α-hetero) is 1. The van der Waals surface area contributed by atoms with E-state index in [0.29, 0.717) is 5.56 Å². The summed E-state index contributed by atoms with van der Waals surface area (Å²) >= 11 is 0. The average Bonchev–Trinajstić information content (AvgIpc) is 3.05. The molecule has 0 saturated carbocycles. The van der Waals surface area contributed by atoms with E-state index >= 15 is 0 Å². The summed E-state index contributed by atoms with van der Waals surface area (Å²) in [6.45, 7) is 0.109. The van der Waals surface area contributed by atoms with Crippen LogP contribution in [-0.2, 0) is 16.1 Å². The number of pyridine rings is 2. The number of rotatable bonds is 5. The molecule has 1 aliphatic rings. The fraction of sp³-hybridized carbons (Fsp3) is 0.0909. The summed E-state index contributed by atoms with van der Waals surface area (Å²) in [6, 6.07) is 11.2. The number of ketones is 1. The molecule has 1 saturated heterocycles. The molecular formula is C22H16N4O5. The molecule has 3 heterocycles. The van der Waals surface area contributed by atoms with E-state index in [-0.39, 0.29) is 23.4 Å². The number of aromatic nitrogens is 2. The lowest BCUT2D eigenvalue weighted by molar-refractivity contribution is -0.384. The van der Waals surface area contributed by atoms with Crippen LogP contribution in [0.3, 0.4) is 0 Å². The number of non-ortho nitro benzene ring substituents is 1. The first-order valence-electron chi connectivity index (χ1n) is 9.29. The number of nitro groups is 1. The summed E-state index contributed by atoms with van der Waals surface area (Å²) in [7, 11) is 0. The van der Waals surface area contributed by atoms with Gasteiger partial charge in [-0.1, -0.05) is 18.2 Å². The van der Waals surface area contributed by atoms with Crippen LogP contribution in [0.2, 0.25) is 0 Å². The number of hydrogen-bond donors (Lipinski definition) is 1. The second-order valence-corrected chi connectivity index (χ2v) is 6.88. The Morgan fingerprint density at radius 1 is 1.06 bits per heavy atom. The monoisotopic (exact) mass is 416 g/mol. The highest BCUT2D eigenvalue weighted by molar-refractivity contribution is 6.46. The van der Waals surface area contributed by atoms with Gasteiger partial charge >= 0.3 is 0 Å². The summed E-state index contributed by atoms with van der Waals surface area (Å²) in [4.78, 5) is 45.7. The Hall–Kier alpha value is -4.40. The first-order chi connectivity index (χ1) is 15.0. The number of nitrogens with zero attached hydrogens (tertiary/aromatic N) is 4. The Kier molecular flexibility index (Phi) is 5.23. The van der Waals surface area contributed by atoms with Gasteiger partial charge in [0.2, 0.25) is 0 Å². The number of nitro benzene ring substituents is 1. The van der Waals surface area contributed by atoms with Crippen molar-refractivity contribution in [3.8, 4) is 0 Å². The van der Waals surface area contributed by atoms with Gasteiger partial charge in [-0.3, -0.25) is 29.7 Å². The molecule has 1 N–H and O–H groups in total. The SMILES string of the molecule is O=C1C(=O)N(Cc2ccncc2)C(c2cccnc2)/C1=C(/O)c1cccc([N+](=O)[O-])c1. The number of carbonyl (C=O) groups is 2. The first-order valence-corrected chi connectivity index (χ1v) is 9.29. The van der Waals surface area contributed by atoms with Crippen LogP contribution in [0, 0.1) is 10.1 Å². The normalized spacial score (nSPS) is 17.7. The predicted octanol–water partition coefficient (Wildman–Crippen LogP) is 3.01. The van der Waals surface area contributed by atoms with Crippen molar-refractivity contribution < 1.29 is 19.6 Å². The maximum absolute atomic E-state index is 12.9. The maximum atomic E-state index is 12.9. The quantitative estimate of drug-likeness (QED) is 0.223. The molecule has 2 aromatic heterocycles. The van der Waals surface area contributed by atoms with Gasteiger partial charge in [0.25, 0.3) is 17.4 Å². The number of amides is 1. The Balaban J connectivity index is 1.86. The zero-order valence-electron chi connectivity index (χ0n) is 16.1. The summed E-state index contributed by atoms with van der Waals surface area (Å²) in [5, 5.41) is 22.1. The van der Waals surface area contributed by atoms with Gasteiger partial charge in [-0.2, -0.15) is 0 Å². The lowest BCUT2D eigenvalue weighted by atomic mass is 9.96. The highest BCUT2D eigenvalue weighted by atomic mass is 16.6. The number of carbonyl (C=O) groups excluding carboxylic acids is 2. The van der Waals surface area contributed by atoms with Crippen LogP contribution < -0.4 is 0 Å². The highest BCUT2D eigenvalue weighted by Gasteiger charge is 2.46. The summed E-state index contributed by atoms with van der Waals surface area (Å²) in [5.41, 5.74) is 0.967. The predicted molar refractivity (Wildman–Crippen MR) is 109 cm³/mol. The van der Waals surface area contributed by atoms with Gasteiger partial charge in [0.15, 0.2) is 0 Å². The molecule has 1 aliphatic heterocycles. The molecule has 0 radical (unpaired) electrons. The van der Waals surface area contributed by atoms with E-state index in [1.807, 2.05) is 0 Å².